The van der Waals surface area contributed by atoms with Crippen molar-refractivity contribution >= 4 is 0 Å². The second-order valence-electron chi connectivity index (χ2n) is 6.49. The van der Waals surface area contributed by atoms with Crippen molar-refractivity contribution in [3.05, 3.63) is 29.8 Å². The minimum Gasteiger partial charge on any atom is -0.494 e. The Morgan fingerprint density at radius 2 is 2.00 bits per heavy atom. The summed E-state index contributed by atoms with van der Waals surface area (Å²) in [6.07, 6.45) is 2.57. The van der Waals surface area contributed by atoms with Gasteiger partial charge in [0.1, 0.15) is 5.75 Å². The highest BCUT2D eigenvalue weighted by molar-refractivity contribution is 5.29. The molecular weight excluding hydrogens is 248 g/mol. The predicted molar refractivity (Wildman–Crippen MR) is 84.0 cm³/mol. The molecule has 1 atom stereocenters. The fraction of sp³-hybridized carbons (Fsp3) is 0.647. The minimum atomic E-state index is 0.324. The predicted octanol–water partition coefficient (Wildman–Crippen LogP) is 3.21. The maximum absolute atomic E-state index is 6.05. The molecule has 1 heterocycles. The summed E-state index contributed by atoms with van der Waals surface area (Å²) in [5, 5.41) is 0. The molecule has 112 valence electrons. The van der Waals surface area contributed by atoms with Crippen LogP contribution in [0.15, 0.2) is 24.3 Å². The van der Waals surface area contributed by atoms with Gasteiger partial charge in [0, 0.05) is 19.1 Å². The Morgan fingerprint density at radius 1 is 1.30 bits per heavy atom. The van der Waals surface area contributed by atoms with Crippen LogP contribution < -0.4 is 10.5 Å². The molecule has 0 spiro atoms. The first-order valence-electron chi connectivity index (χ1n) is 7.72. The van der Waals surface area contributed by atoms with Gasteiger partial charge in [-0.2, -0.15) is 0 Å². The third-order valence-electron chi connectivity index (χ3n) is 4.17. The Labute approximate surface area is 123 Å². The lowest BCUT2D eigenvalue weighted by atomic mass is 9.83. The van der Waals surface area contributed by atoms with Gasteiger partial charge < -0.3 is 10.5 Å². The van der Waals surface area contributed by atoms with Crippen LogP contribution in [-0.4, -0.2) is 31.1 Å². The Kier molecular flexibility index (Phi) is 5.06. The topological polar surface area (TPSA) is 38.5 Å². The average molecular weight is 276 g/mol. The molecule has 0 amide bonds. The Bertz CT molecular complexity index is 414. The van der Waals surface area contributed by atoms with Crippen LogP contribution in [0.2, 0.25) is 0 Å². The molecule has 1 fully saturated rings. The van der Waals surface area contributed by atoms with Crippen molar-refractivity contribution < 1.29 is 4.74 Å². The van der Waals surface area contributed by atoms with Crippen molar-refractivity contribution in [2.24, 2.45) is 11.1 Å². The molecule has 3 heteroatoms. The summed E-state index contributed by atoms with van der Waals surface area (Å²) in [6, 6.07) is 8.74. The number of nitrogens with zero attached hydrogens (tertiary/aromatic N) is 1. The van der Waals surface area contributed by atoms with Gasteiger partial charge in [0.05, 0.1) is 6.61 Å². The number of piperidine rings is 1. The van der Waals surface area contributed by atoms with Crippen LogP contribution in [-0.2, 0) is 0 Å². The van der Waals surface area contributed by atoms with Crippen LogP contribution in [0.1, 0.15) is 45.2 Å². The van der Waals surface area contributed by atoms with E-state index >= 15 is 0 Å². The van der Waals surface area contributed by atoms with E-state index in [4.69, 9.17) is 10.5 Å². The summed E-state index contributed by atoms with van der Waals surface area (Å²) in [6.45, 7) is 10.4. The van der Waals surface area contributed by atoms with Crippen molar-refractivity contribution in [1.82, 2.24) is 4.90 Å². The van der Waals surface area contributed by atoms with Crippen LogP contribution in [0.4, 0.5) is 0 Å². The van der Waals surface area contributed by atoms with Gasteiger partial charge in [-0.1, -0.05) is 26.0 Å². The lowest BCUT2D eigenvalue weighted by Gasteiger charge is -2.42. The molecule has 0 radical (unpaired) electrons. The summed E-state index contributed by atoms with van der Waals surface area (Å²) in [5.74, 6) is 0.936. The molecule has 1 aromatic carbocycles. The largest absolute Gasteiger partial charge is 0.494 e. The number of rotatable bonds is 5. The third kappa shape index (κ3) is 3.74. The van der Waals surface area contributed by atoms with Gasteiger partial charge in [-0.05, 0) is 49.4 Å². The first kappa shape index (κ1) is 15.3. The van der Waals surface area contributed by atoms with Gasteiger partial charge in [-0.3, -0.25) is 4.90 Å². The van der Waals surface area contributed by atoms with Crippen LogP contribution in [0.25, 0.3) is 0 Å². The number of ether oxygens (including phenoxy) is 1. The summed E-state index contributed by atoms with van der Waals surface area (Å²) in [4.78, 5) is 2.54. The Morgan fingerprint density at radius 3 is 2.55 bits per heavy atom. The van der Waals surface area contributed by atoms with E-state index in [9.17, 15) is 0 Å². The zero-order valence-electron chi connectivity index (χ0n) is 13.1. The quantitative estimate of drug-likeness (QED) is 0.897. The van der Waals surface area contributed by atoms with E-state index in [2.05, 4.69) is 43.0 Å². The molecule has 0 aliphatic carbocycles. The highest BCUT2D eigenvalue weighted by atomic mass is 16.5. The molecule has 0 bridgehead atoms. The molecule has 3 nitrogen and oxygen atoms in total. The number of hydrogen-bond donors (Lipinski definition) is 1. The molecule has 0 aromatic heterocycles. The molecule has 1 saturated heterocycles. The van der Waals surface area contributed by atoms with Crippen LogP contribution in [0, 0.1) is 5.41 Å². The van der Waals surface area contributed by atoms with Crippen LogP contribution in [0.3, 0.4) is 0 Å². The highest BCUT2D eigenvalue weighted by Gasteiger charge is 2.30. The number of likely N-dealkylation sites (tertiary alicyclic amines) is 1. The first-order chi connectivity index (χ1) is 9.55. The summed E-state index contributed by atoms with van der Waals surface area (Å²) >= 11 is 0. The number of benzene rings is 1. The van der Waals surface area contributed by atoms with Crippen LogP contribution >= 0.6 is 0 Å². The number of hydrogen-bond acceptors (Lipinski definition) is 3. The maximum Gasteiger partial charge on any atom is 0.119 e. The standard InChI is InChI=1S/C17H28N2O/c1-4-20-15-8-6-14(7-9-15)16(12-18)19-11-5-10-17(2,3)13-19/h6-9,16H,4-5,10-13,18H2,1-3H3. The Balaban J connectivity index is 2.11. The van der Waals surface area contributed by atoms with E-state index in [1.165, 1.54) is 18.4 Å². The Hall–Kier alpha value is -1.06. The first-order valence-corrected chi connectivity index (χ1v) is 7.72. The van der Waals surface area contributed by atoms with Gasteiger partial charge in [0.2, 0.25) is 0 Å². The molecule has 0 saturated carbocycles. The number of nitrogens with two attached hydrogens (primary N) is 1. The summed E-state index contributed by atoms with van der Waals surface area (Å²) in [7, 11) is 0. The van der Waals surface area contributed by atoms with Gasteiger partial charge in [0.15, 0.2) is 0 Å². The molecule has 20 heavy (non-hydrogen) atoms. The zero-order valence-corrected chi connectivity index (χ0v) is 13.1. The van der Waals surface area contributed by atoms with Gasteiger partial charge in [-0.25, -0.2) is 0 Å². The van der Waals surface area contributed by atoms with E-state index < -0.39 is 0 Å². The highest BCUT2D eigenvalue weighted by Crippen LogP contribution is 2.33. The van der Waals surface area contributed by atoms with E-state index in [1.807, 2.05) is 6.92 Å². The normalized spacial score (nSPS) is 20.6. The van der Waals surface area contributed by atoms with E-state index in [1.54, 1.807) is 0 Å². The van der Waals surface area contributed by atoms with E-state index in [-0.39, 0.29) is 0 Å². The second kappa shape index (κ2) is 6.59. The molecular formula is C17H28N2O. The summed E-state index contributed by atoms with van der Waals surface area (Å²) in [5.41, 5.74) is 7.75. The van der Waals surface area contributed by atoms with Gasteiger partial charge in [0.25, 0.3) is 0 Å². The van der Waals surface area contributed by atoms with Crippen molar-refractivity contribution in [3.8, 4) is 5.75 Å². The zero-order chi connectivity index (χ0) is 14.6. The summed E-state index contributed by atoms with van der Waals surface area (Å²) < 4.78 is 5.51. The van der Waals surface area contributed by atoms with Crippen molar-refractivity contribution in [2.45, 2.75) is 39.7 Å². The minimum absolute atomic E-state index is 0.324. The SMILES string of the molecule is CCOc1ccc(C(CN)N2CCCC(C)(C)C2)cc1. The van der Waals surface area contributed by atoms with Gasteiger partial charge >= 0.3 is 0 Å². The lowest BCUT2D eigenvalue weighted by molar-refractivity contribution is 0.0806. The van der Waals surface area contributed by atoms with E-state index in [0.29, 0.717) is 24.6 Å². The smallest absolute Gasteiger partial charge is 0.119 e. The van der Waals surface area contributed by atoms with Crippen molar-refractivity contribution in [3.63, 3.8) is 0 Å². The maximum atomic E-state index is 6.05. The monoisotopic (exact) mass is 276 g/mol. The van der Waals surface area contributed by atoms with Gasteiger partial charge in [-0.15, -0.1) is 0 Å². The molecule has 1 aliphatic heterocycles. The van der Waals surface area contributed by atoms with Crippen molar-refractivity contribution in [1.29, 1.82) is 0 Å². The molecule has 1 aromatic rings. The molecule has 2 N–H and O–H groups in total. The fourth-order valence-electron chi connectivity index (χ4n) is 3.18. The van der Waals surface area contributed by atoms with Crippen LogP contribution in [0.5, 0.6) is 5.75 Å². The fourth-order valence-corrected chi connectivity index (χ4v) is 3.18. The lowest BCUT2D eigenvalue weighted by Crippen LogP contribution is -2.44. The van der Waals surface area contributed by atoms with Crippen molar-refractivity contribution in [2.75, 3.05) is 26.2 Å². The average Bonchev–Trinajstić information content (AvgIpc) is 2.41. The second-order valence-corrected chi connectivity index (χ2v) is 6.49. The molecule has 2 rings (SSSR count). The molecule has 1 aliphatic rings. The van der Waals surface area contributed by atoms with E-state index in [0.717, 1.165) is 18.8 Å². The molecule has 1 unspecified atom stereocenters. The third-order valence-corrected chi connectivity index (χ3v) is 4.17.